The predicted molar refractivity (Wildman–Crippen MR) is 134 cm³/mol. The number of alkyl halides is 3. The van der Waals surface area contributed by atoms with Crippen molar-refractivity contribution in [1.29, 1.82) is 0 Å². The highest BCUT2D eigenvalue weighted by Crippen LogP contribution is 2.46. The minimum absolute atomic E-state index is 0.287. The van der Waals surface area contributed by atoms with Gasteiger partial charge in [-0.05, 0) is 79.9 Å². The molecule has 0 N–H and O–H groups in total. The minimum Gasteiger partial charge on any atom is -0.166 e. The van der Waals surface area contributed by atoms with Crippen LogP contribution in [-0.2, 0) is 6.18 Å². The Morgan fingerprint density at radius 3 is 1.85 bits per heavy atom. The molecule has 188 valence electrons. The van der Waals surface area contributed by atoms with Gasteiger partial charge in [-0.1, -0.05) is 95.2 Å². The largest absolute Gasteiger partial charge is 0.416 e. The summed E-state index contributed by atoms with van der Waals surface area (Å²) in [4.78, 5) is 0. The van der Waals surface area contributed by atoms with Crippen molar-refractivity contribution in [2.24, 2.45) is 17.8 Å². The van der Waals surface area contributed by atoms with E-state index in [4.69, 9.17) is 11.6 Å². The molecule has 0 amide bonds. The van der Waals surface area contributed by atoms with Crippen molar-refractivity contribution >= 4 is 11.6 Å². The monoisotopic (exact) mass is 484 g/mol. The number of unbranched alkanes of at least 4 members (excludes halogenated alkanes) is 7. The lowest BCUT2D eigenvalue weighted by Gasteiger charge is -2.38. The van der Waals surface area contributed by atoms with Gasteiger partial charge in [-0.3, -0.25) is 0 Å². The van der Waals surface area contributed by atoms with Gasteiger partial charge >= 0.3 is 6.18 Å². The first kappa shape index (κ1) is 26.9. The average Bonchev–Trinajstić information content (AvgIpc) is 2.81. The summed E-state index contributed by atoms with van der Waals surface area (Å²) in [6.45, 7) is 2.28. The van der Waals surface area contributed by atoms with Crippen LogP contribution in [0.4, 0.5) is 13.2 Å². The van der Waals surface area contributed by atoms with Crippen molar-refractivity contribution < 1.29 is 13.2 Å². The van der Waals surface area contributed by atoms with Crippen LogP contribution in [0, 0.1) is 17.8 Å². The molecular formula is C29H44ClF3. The van der Waals surface area contributed by atoms with Crippen LogP contribution in [-0.4, -0.2) is 0 Å². The van der Waals surface area contributed by atoms with Gasteiger partial charge in [0.2, 0.25) is 0 Å². The molecule has 1 aromatic rings. The van der Waals surface area contributed by atoms with Crippen LogP contribution in [0.15, 0.2) is 18.2 Å². The smallest absolute Gasteiger partial charge is 0.166 e. The minimum atomic E-state index is -4.33. The first-order valence-corrected chi connectivity index (χ1v) is 14.1. The van der Waals surface area contributed by atoms with E-state index in [2.05, 4.69) is 6.92 Å². The molecular weight excluding hydrogens is 441 g/mol. The van der Waals surface area contributed by atoms with E-state index in [-0.39, 0.29) is 5.02 Å². The zero-order valence-corrected chi connectivity index (χ0v) is 21.3. The fraction of sp³-hybridized carbons (Fsp3) is 0.793. The van der Waals surface area contributed by atoms with Gasteiger partial charge in [0, 0.05) is 5.02 Å². The van der Waals surface area contributed by atoms with Crippen LogP contribution in [0.25, 0.3) is 0 Å². The lowest BCUT2D eigenvalue weighted by Crippen LogP contribution is -2.25. The molecule has 0 spiro atoms. The topological polar surface area (TPSA) is 0 Å². The van der Waals surface area contributed by atoms with Crippen LogP contribution < -0.4 is 0 Å². The summed E-state index contributed by atoms with van der Waals surface area (Å²) in [6, 6.07) is 3.92. The van der Waals surface area contributed by atoms with Crippen LogP contribution in [0.1, 0.15) is 133 Å². The van der Waals surface area contributed by atoms with Crippen LogP contribution in [0.3, 0.4) is 0 Å². The maximum Gasteiger partial charge on any atom is 0.416 e. The second-order valence-corrected chi connectivity index (χ2v) is 11.3. The molecule has 4 heteroatoms. The maximum absolute atomic E-state index is 12.9. The highest BCUT2D eigenvalue weighted by Gasteiger charge is 2.34. The first-order valence-electron chi connectivity index (χ1n) is 13.7. The number of hydrogen-bond donors (Lipinski definition) is 0. The Labute approximate surface area is 205 Å². The summed E-state index contributed by atoms with van der Waals surface area (Å²) in [7, 11) is 0. The van der Waals surface area contributed by atoms with Crippen molar-refractivity contribution in [1.82, 2.24) is 0 Å². The molecule has 0 heterocycles. The lowest BCUT2D eigenvalue weighted by atomic mass is 9.68. The van der Waals surface area contributed by atoms with E-state index in [1.807, 2.05) is 0 Å². The molecule has 3 rings (SSSR count). The molecule has 0 radical (unpaired) electrons. The first-order chi connectivity index (χ1) is 15.9. The van der Waals surface area contributed by atoms with Gasteiger partial charge in [0.25, 0.3) is 0 Å². The third kappa shape index (κ3) is 8.48. The van der Waals surface area contributed by atoms with Gasteiger partial charge in [0.05, 0.1) is 5.56 Å². The fourth-order valence-electron chi connectivity index (χ4n) is 6.45. The molecule has 0 atom stereocenters. The Balaban J connectivity index is 1.32. The quantitative estimate of drug-likeness (QED) is 0.274. The highest BCUT2D eigenvalue weighted by atomic mass is 35.5. The Morgan fingerprint density at radius 2 is 1.30 bits per heavy atom. The van der Waals surface area contributed by atoms with Crippen molar-refractivity contribution in [2.45, 2.75) is 128 Å². The summed E-state index contributed by atoms with van der Waals surface area (Å²) in [5.41, 5.74) is 0.269. The summed E-state index contributed by atoms with van der Waals surface area (Å²) >= 11 is 6.26. The number of benzene rings is 1. The Morgan fingerprint density at radius 1 is 0.758 bits per heavy atom. The van der Waals surface area contributed by atoms with E-state index in [0.717, 1.165) is 42.2 Å². The second-order valence-electron chi connectivity index (χ2n) is 10.9. The molecule has 2 fully saturated rings. The van der Waals surface area contributed by atoms with Crippen LogP contribution in [0.5, 0.6) is 0 Å². The molecule has 0 saturated heterocycles. The zero-order valence-electron chi connectivity index (χ0n) is 20.6. The molecule has 0 aliphatic heterocycles. The van der Waals surface area contributed by atoms with Gasteiger partial charge < -0.3 is 0 Å². The van der Waals surface area contributed by atoms with Gasteiger partial charge in [0.1, 0.15) is 0 Å². The molecule has 2 aliphatic carbocycles. The summed E-state index contributed by atoms with van der Waals surface area (Å²) in [6.07, 6.45) is 18.5. The van der Waals surface area contributed by atoms with Gasteiger partial charge in [-0.15, -0.1) is 0 Å². The van der Waals surface area contributed by atoms with Crippen molar-refractivity contribution in [2.75, 3.05) is 0 Å². The molecule has 0 aromatic heterocycles. The Kier molecular flexibility index (Phi) is 10.9. The van der Waals surface area contributed by atoms with Gasteiger partial charge in [-0.25, -0.2) is 0 Å². The zero-order chi connectivity index (χ0) is 23.7. The molecule has 1 aromatic carbocycles. The van der Waals surface area contributed by atoms with Gasteiger partial charge in [-0.2, -0.15) is 13.2 Å². The van der Waals surface area contributed by atoms with E-state index >= 15 is 0 Å². The molecule has 2 saturated carbocycles. The van der Waals surface area contributed by atoms with Crippen LogP contribution in [0.2, 0.25) is 5.02 Å². The molecule has 0 unspecified atom stereocenters. The number of hydrogen-bond acceptors (Lipinski definition) is 0. The van der Waals surface area contributed by atoms with Crippen molar-refractivity contribution in [3.8, 4) is 0 Å². The highest BCUT2D eigenvalue weighted by molar-refractivity contribution is 6.31. The average molecular weight is 485 g/mol. The maximum atomic E-state index is 12.9. The Bertz CT molecular complexity index is 683. The summed E-state index contributed by atoms with van der Waals surface area (Å²) < 4.78 is 38.8. The van der Waals surface area contributed by atoms with Crippen LogP contribution >= 0.6 is 11.6 Å². The molecule has 0 nitrogen and oxygen atoms in total. The summed E-state index contributed by atoms with van der Waals surface area (Å²) in [5, 5.41) is 0.287. The molecule has 2 aliphatic rings. The van der Waals surface area contributed by atoms with E-state index in [0.29, 0.717) is 5.92 Å². The summed E-state index contributed by atoms with van der Waals surface area (Å²) in [5.74, 6) is 2.93. The third-order valence-electron chi connectivity index (χ3n) is 8.56. The van der Waals surface area contributed by atoms with Crippen molar-refractivity contribution in [3.05, 3.63) is 34.3 Å². The number of rotatable bonds is 11. The Hall–Kier alpha value is -0.700. The third-order valence-corrected chi connectivity index (χ3v) is 8.89. The number of halogens is 4. The predicted octanol–water partition coefficient (Wildman–Crippen LogP) is 11.0. The van der Waals surface area contributed by atoms with Crippen molar-refractivity contribution in [3.63, 3.8) is 0 Å². The van der Waals surface area contributed by atoms with E-state index in [9.17, 15) is 13.2 Å². The molecule has 0 bridgehead atoms. The fourth-order valence-corrected chi connectivity index (χ4v) is 6.79. The normalized spacial score (nSPS) is 26.5. The van der Waals surface area contributed by atoms with E-state index in [1.165, 1.54) is 102 Å². The lowest BCUT2D eigenvalue weighted by molar-refractivity contribution is -0.137. The second kappa shape index (κ2) is 13.4. The van der Waals surface area contributed by atoms with E-state index < -0.39 is 11.7 Å². The van der Waals surface area contributed by atoms with Gasteiger partial charge in [0.15, 0.2) is 0 Å². The molecule has 33 heavy (non-hydrogen) atoms. The SMILES string of the molecule is CCCCCCCCCCC1CCC(C2CCC(c3ccc(C(F)(F)F)cc3Cl)CC2)CC1. The van der Waals surface area contributed by atoms with E-state index in [1.54, 1.807) is 6.07 Å². The standard InChI is InChI=1S/C29H44ClF3/c1-2-3-4-5-6-7-8-9-10-22-11-13-23(14-12-22)24-15-17-25(18-16-24)27-20-19-26(21-28(27)30)29(31,32)33/h19-25H,2-18H2,1H3.